The summed E-state index contributed by atoms with van der Waals surface area (Å²) in [6.45, 7) is 5.95. The second kappa shape index (κ2) is 10.9. The molecule has 1 saturated heterocycles. The number of hydrogen-bond donors (Lipinski definition) is 2. The Kier molecular flexibility index (Phi) is 8.03. The third kappa shape index (κ3) is 6.31. The van der Waals surface area contributed by atoms with Crippen molar-refractivity contribution < 1.29 is 10.2 Å². The molecule has 3 aliphatic rings. The lowest BCUT2D eigenvalue weighted by molar-refractivity contribution is 0.140. The van der Waals surface area contributed by atoms with Gasteiger partial charge in [0, 0.05) is 12.3 Å². The highest BCUT2D eigenvalue weighted by molar-refractivity contribution is 5.24. The minimum absolute atomic E-state index is 0.180. The first-order valence-electron chi connectivity index (χ1n) is 12.6. The maximum absolute atomic E-state index is 10.6. The Bertz CT molecular complexity index is 764. The van der Waals surface area contributed by atoms with Crippen LogP contribution in [-0.2, 0) is 6.42 Å². The van der Waals surface area contributed by atoms with E-state index >= 15 is 0 Å². The molecule has 0 radical (unpaired) electrons. The zero-order valence-corrected chi connectivity index (χ0v) is 19.3. The van der Waals surface area contributed by atoms with Gasteiger partial charge in [-0.2, -0.15) is 0 Å². The fourth-order valence-corrected chi connectivity index (χ4v) is 6.07. The molecule has 5 atom stereocenters. The van der Waals surface area contributed by atoms with Crippen molar-refractivity contribution in [2.24, 2.45) is 17.8 Å². The van der Waals surface area contributed by atoms with Crippen molar-refractivity contribution in [1.29, 1.82) is 0 Å². The normalized spacial score (nSPS) is 30.0. The molecule has 2 fully saturated rings. The third-order valence-corrected chi connectivity index (χ3v) is 7.70. The number of piperidine rings is 1. The Labute approximate surface area is 188 Å². The Morgan fingerprint density at radius 1 is 1.16 bits per heavy atom. The van der Waals surface area contributed by atoms with Crippen LogP contribution in [0.2, 0.25) is 0 Å². The lowest BCUT2D eigenvalue weighted by Crippen LogP contribution is -2.30. The summed E-state index contributed by atoms with van der Waals surface area (Å²) in [5.74, 6) is 1.23. The van der Waals surface area contributed by atoms with Crippen LogP contribution in [0.15, 0.2) is 48.1 Å². The molecule has 0 unspecified atom stereocenters. The number of allylic oxidation sites excluding steroid dienone is 2. The number of hydrogen-bond acceptors (Lipinski definition) is 3. The van der Waals surface area contributed by atoms with Crippen molar-refractivity contribution in [2.45, 2.75) is 76.9 Å². The predicted octanol–water partition coefficient (Wildman–Crippen LogP) is 5.05. The third-order valence-electron chi connectivity index (χ3n) is 7.70. The van der Waals surface area contributed by atoms with Gasteiger partial charge in [0.05, 0.1) is 12.2 Å². The van der Waals surface area contributed by atoms with Crippen LogP contribution in [0, 0.1) is 24.7 Å². The molecule has 0 amide bonds. The molecule has 1 aliphatic heterocycles. The van der Waals surface area contributed by atoms with Gasteiger partial charge in [-0.05, 0) is 88.9 Å². The van der Waals surface area contributed by atoms with E-state index in [1.54, 1.807) is 5.57 Å². The molecular formula is C28H41NO2. The lowest BCUT2D eigenvalue weighted by atomic mass is 9.88. The number of rotatable bonds is 9. The second-order valence-electron chi connectivity index (χ2n) is 10.2. The molecule has 4 rings (SSSR count). The maximum atomic E-state index is 10.6. The van der Waals surface area contributed by atoms with Gasteiger partial charge >= 0.3 is 0 Å². The number of likely N-dealkylation sites (tertiary alicyclic amines) is 1. The molecule has 0 aromatic heterocycles. The van der Waals surface area contributed by atoms with Crippen molar-refractivity contribution in [3.05, 3.63) is 59.2 Å². The Morgan fingerprint density at radius 3 is 2.81 bits per heavy atom. The van der Waals surface area contributed by atoms with Crippen LogP contribution in [0.25, 0.3) is 0 Å². The molecular weight excluding hydrogens is 382 g/mol. The van der Waals surface area contributed by atoms with Gasteiger partial charge in [-0.15, -0.1) is 0 Å². The van der Waals surface area contributed by atoms with Gasteiger partial charge in [0.1, 0.15) is 0 Å². The first-order valence-corrected chi connectivity index (χ1v) is 12.6. The van der Waals surface area contributed by atoms with E-state index in [-0.39, 0.29) is 12.0 Å². The summed E-state index contributed by atoms with van der Waals surface area (Å²) in [7, 11) is 0. The van der Waals surface area contributed by atoms with Gasteiger partial charge in [0.25, 0.3) is 0 Å². The topological polar surface area (TPSA) is 43.7 Å². The maximum Gasteiger partial charge on any atom is 0.0761 e. The van der Waals surface area contributed by atoms with Crippen molar-refractivity contribution in [3.8, 4) is 0 Å². The predicted molar refractivity (Wildman–Crippen MR) is 128 cm³/mol. The van der Waals surface area contributed by atoms with E-state index in [9.17, 15) is 10.2 Å². The highest BCUT2D eigenvalue weighted by Gasteiger charge is 2.43. The number of benzene rings is 1. The van der Waals surface area contributed by atoms with E-state index in [1.165, 1.54) is 63.7 Å². The summed E-state index contributed by atoms with van der Waals surface area (Å²) in [4.78, 5) is 2.64. The van der Waals surface area contributed by atoms with Crippen LogP contribution in [0.5, 0.6) is 0 Å². The molecule has 3 heteroatoms. The Morgan fingerprint density at radius 2 is 2.00 bits per heavy atom. The molecule has 0 bridgehead atoms. The van der Waals surface area contributed by atoms with E-state index in [2.05, 4.69) is 42.2 Å². The van der Waals surface area contributed by atoms with Gasteiger partial charge in [-0.1, -0.05) is 60.1 Å². The molecule has 0 spiro atoms. The monoisotopic (exact) mass is 423 g/mol. The first kappa shape index (κ1) is 22.8. The minimum Gasteiger partial charge on any atom is -0.392 e. The molecule has 2 aliphatic carbocycles. The van der Waals surface area contributed by atoms with E-state index in [1.807, 2.05) is 12.1 Å². The number of aliphatic hydroxyl groups is 2. The van der Waals surface area contributed by atoms with Crippen molar-refractivity contribution >= 4 is 0 Å². The summed E-state index contributed by atoms with van der Waals surface area (Å²) >= 11 is 0. The standard InChI is InChI=1S/C28H41NO2/c1-21-8-7-10-22(16-21)18-25(30)11-12-26-27-19-23(17-24(27)20-28(26)31)9-3-6-15-29-13-4-2-5-14-29/h7-8,10-12,16-17,24-28,30-31H,2-6,9,13-15,18-20H2,1H3/b12-11+/t24-,25+,26+,27-,28+/m0/s1. The Hall–Kier alpha value is -1.42. The molecule has 2 N–H and O–H groups in total. The summed E-state index contributed by atoms with van der Waals surface area (Å²) in [5, 5.41) is 21.1. The summed E-state index contributed by atoms with van der Waals surface area (Å²) in [5.41, 5.74) is 4.00. The zero-order valence-electron chi connectivity index (χ0n) is 19.3. The SMILES string of the molecule is Cc1cccc(C[C@H](O)/C=C/[C@@H]2[C@H]3CC(CCCCN4CCCCC4)=C[C@H]3C[C@H]2O)c1. The van der Waals surface area contributed by atoms with Gasteiger partial charge in [0.15, 0.2) is 0 Å². The first-order chi connectivity index (χ1) is 15.1. The molecule has 170 valence electrons. The molecule has 1 aromatic rings. The van der Waals surface area contributed by atoms with Crippen molar-refractivity contribution in [1.82, 2.24) is 4.90 Å². The Balaban J connectivity index is 1.22. The average Bonchev–Trinajstić information content (AvgIpc) is 3.27. The summed E-state index contributed by atoms with van der Waals surface area (Å²) in [6.07, 6.45) is 16.4. The molecule has 31 heavy (non-hydrogen) atoms. The quantitative estimate of drug-likeness (QED) is 0.431. The fraction of sp³-hybridized carbons (Fsp3) is 0.643. The number of fused-ring (bicyclic) bond motifs is 1. The second-order valence-corrected chi connectivity index (χ2v) is 10.2. The van der Waals surface area contributed by atoms with Crippen molar-refractivity contribution in [2.75, 3.05) is 19.6 Å². The van der Waals surface area contributed by atoms with Crippen LogP contribution >= 0.6 is 0 Å². The molecule has 3 nitrogen and oxygen atoms in total. The van der Waals surface area contributed by atoms with Crippen LogP contribution in [-0.4, -0.2) is 47.0 Å². The van der Waals surface area contributed by atoms with Gasteiger partial charge in [-0.25, -0.2) is 0 Å². The van der Waals surface area contributed by atoms with Crippen LogP contribution in [0.1, 0.15) is 62.5 Å². The van der Waals surface area contributed by atoms with Crippen LogP contribution in [0.4, 0.5) is 0 Å². The van der Waals surface area contributed by atoms with E-state index in [4.69, 9.17) is 0 Å². The van der Waals surface area contributed by atoms with Gasteiger partial charge < -0.3 is 15.1 Å². The summed E-state index contributed by atoms with van der Waals surface area (Å²) in [6, 6.07) is 8.34. The minimum atomic E-state index is -0.489. The zero-order chi connectivity index (χ0) is 21.6. The summed E-state index contributed by atoms with van der Waals surface area (Å²) < 4.78 is 0. The molecule has 1 saturated carbocycles. The number of unbranched alkanes of at least 4 members (excludes halogenated alkanes) is 1. The van der Waals surface area contributed by atoms with Crippen molar-refractivity contribution in [3.63, 3.8) is 0 Å². The molecule has 1 heterocycles. The lowest BCUT2D eigenvalue weighted by Gasteiger charge is -2.26. The smallest absolute Gasteiger partial charge is 0.0761 e. The van der Waals surface area contributed by atoms with Crippen LogP contribution in [0.3, 0.4) is 0 Å². The highest BCUT2D eigenvalue weighted by Crippen LogP contribution is 2.48. The number of aliphatic hydroxyl groups excluding tert-OH is 2. The van der Waals surface area contributed by atoms with Gasteiger partial charge in [-0.3, -0.25) is 0 Å². The molecule has 1 aromatic carbocycles. The largest absolute Gasteiger partial charge is 0.392 e. The van der Waals surface area contributed by atoms with E-state index < -0.39 is 6.10 Å². The van der Waals surface area contributed by atoms with Gasteiger partial charge in [0.2, 0.25) is 0 Å². The number of aryl methyl sites for hydroxylation is 1. The van der Waals surface area contributed by atoms with E-state index in [0.717, 1.165) is 18.4 Å². The fourth-order valence-electron chi connectivity index (χ4n) is 6.07. The average molecular weight is 424 g/mol. The van der Waals surface area contributed by atoms with Crippen LogP contribution < -0.4 is 0 Å². The highest BCUT2D eigenvalue weighted by atomic mass is 16.3. The van der Waals surface area contributed by atoms with E-state index in [0.29, 0.717) is 18.3 Å². The number of nitrogens with zero attached hydrogens (tertiary/aromatic N) is 1.